The number of carbonyl (C=O) groups is 3. The number of anilines is 1. The van der Waals surface area contributed by atoms with E-state index in [2.05, 4.69) is 14.9 Å². The van der Waals surface area contributed by atoms with E-state index < -0.39 is 5.41 Å². The van der Waals surface area contributed by atoms with Crippen molar-refractivity contribution in [3.8, 4) is 0 Å². The van der Waals surface area contributed by atoms with Crippen molar-refractivity contribution in [2.45, 2.75) is 31.6 Å². The van der Waals surface area contributed by atoms with Gasteiger partial charge in [0.1, 0.15) is 0 Å². The molecule has 2 aromatic rings. The Labute approximate surface area is 199 Å². The minimum absolute atomic E-state index is 0.00996. The number of ether oxygens (including phenoxy) is 1. The Morgan fingerprint density at radius 1 is 1.06 bits per heavy atom. The lowest BCUT2D eigenvalue weighted by Crippen LogP contribution is -2.45. The van der Waals surface area contributed by atoms with E-state index in [-0.39, 0.29) is 43.7 Å². The summed E-state index contributed by atoms with van der Waals surface area (Å²) in [4.78, 5) is 53.9. The minimum Gasteiger partial charge on any atom is -0.383 e. The summed E-state index contributed by atoms with van der Waals surface area (Å²) in [7, 11) is 1.53. The lowest BCUT2D eigenvalue weighted by molar-refractivity contribution is -0.143. The van der Waals surface area contributed by atoms with Crippen LogP contribution >= 0.6 is 0 Å². The summed E-state index contributed by atoms with van der Waals surface area (Å²) < 4.78 is 5.10. The Morgan fingerprint density at radius 3 is 2.56 bits per heavy atom. The highest BCUT2D eigenvalue weighted by atomic mass is 16.5. The predicted molar refractivity (Wildman–Crippen MR) is 126 cm³/mol. The van der Waals surface area contributed by atoms with Gasteiger partial charge in [0.15, 0.2) is 0 Å². The summed E-state index contributed by atoms with van der Waals surface area (Å²) >= 11 is 0. The van der Waals surface area contributed by atoms with Crippen LogP contribution in [0.2, 0.25) is 0 Å². The number of nitrogens with zero attached hydrogens (tertiary/aromatic N) is 5. The molecule has 9 heteroatoms. The van der Waals surface area contributed by atoms with Gasteiger partial charge in [-0.25, -0.2) is 9.97 Å². The van der Waals surface area contributed by atoms with Crippen molar-refractivity contribution in [3.63, 3.8) is 0 Å². The van der Waals surface area contributed by atoms with Crippen molar-refractivity contribution < 1.29 is 19.1 Å². The number of aryl methyl sites for hydroxylation is 1. The van der Waals surface area contributed by atoms with Crippen molar-refractivity contribution >= 4 is 23.7 Å². The Hall–Kier alpha value is -3.33. The second kappa shape index (κ2) is 10.3. The number of imide groups is 1. The van der Waals surface area contributed by atoms with E-state index >= 15 is 0 Å². The third-order valence-corrected chi connectivity index (χ3v) is 6.72. The second-order valence-corrected chi connectivity index (χ2v) is 8.86. The van der Waals surface area contributed by atoms with Crippen LogP contribution in [-0.4, -0.2) is 83.9 Å². The normalized spacial score (nSPS) is 21.2. The Balaban J connectivity index is 1.56. The lowest BCUT2D eigenvalue weighted by Gasteiger charge is -2.31. The highest BCUT2D eigenvalue weighted by Gasteiger charge is 2.54. The van der Waals surface area contributed by atoms with E-state index in [4.69, 9.17) is 4.74 Å². The van der Waals surface area contributed by atoms with Crippen molar-refractivity contribution in [1.29, 1.82) is 0 Å². The molecule has 0 unspecified atom stereocenters. The van der Waals surface area contributed by atoms with Crippen LogP contribution in [0.15, 0.2) is 42.7 Å². The lowest BCUT2D eigenvalue weighted by atomic mass is 9.74. The zero-order valence-corrected chi connectivity index (χ0v) is 19.8. The molecule has 1 aromatic heterocycles. The monoisotopic (exact) mass is 465 g/mol. The SMILES string of the molecule is COCCN1C(=O)C[C@](CC(=O)N2CCCN(c3ncccn3)CC2)(c2ccccc2C)C1=O. The number of hydrogen-bond donors (Lipinski definition) is 0. The maximum Gasteiger partial charge on any atom is 0.240 e. The van der Waals surface area contributed by atoms with Crippen LogP contribution in [0.1, 0.15) is 30.4 Å². The van der Waals surface area contributed by atoms with Gasteiger partial charge in [-0.1, -0.05) is 24.3 Å². The maximum absolute atomic E-state index is 13.7. The van der Waals surface area contributed by atoms with Gasteiger partial charge in [-0.2, -0.15) is 0 Å². The predicted octanol–water partition coefficient (Wildman–Crippen LogP) is 1.56. The van der Waals surface area contributed by atoms with Crippen LogP contribution in [-0.2, 0) is 24.5 Å². The molecule has 0 aliphatic carbocycles. The average Bonchev–Trinajstić information content (AvgIpc) is 3.00. The Morgan fingerprint density at radius 2 is 1.82 bits per heavy atom. The van der Waals surface area contributed by atoms with Crippen molar-refractivity contribution in [2.75, 3.05) is 51.3 Å². The molecule has 3 amide bonds. The molecule has 2 saturated heterocycles. The summed E-state index contributed by atoms with van der Waals surface area (Å²) in [5.74, 6) is -0.0416. The van der Waals surface area contributed by atoms with Gasteiger partial charge in [-0.15, -0.1) is 0 Å². The molecule has 4 rings (SSSR count). The fourth-order valence-corrected chi connectivity index (χ4v) is 4.95. The number of benzene rings is 1. The molecule has 0 bridgehead atoms. The summed E-state index contributed by atoms with van der Waals surface area (Å²) in [5.41, 5.74) is 0.450. The average molecular weight is 466 g/mol. The molecule has 0 spiro atoms. The molecule has 180 valence electrons. The number of hydrogen-bond acceptors (Lipinski definition) is 7. The molecule has 2 fully saturated rings. The number of methoxy groups -OCH3 is 1. The van der Waals surface area contributed by atoms with Crippen molar-refractivity contribution in [3.05, 3.63) is 53.9 Å². The molecular formula is C25H31N5O4. The fraction of sp³-hybridized carbons (Fsp3) is 0.480. The highest BCUT2D eigenvalue weighted by Crippen LogP contribution is 2.41. The number of aromatic nitrogens is 2. The minimum atomic E-state index is -1.19. The van der Waals surface area contributed by atoms with Crippen LogP contribution in [0.3, 0.4) is 0 Å². The molecule has 2 aliphatic rings. The van der Waals surface area contributed by atoms with E-state index in [9.17, 15) is 14.4 Å². The van der Waals surface area contributed by atoms with Gasteiger partial charge in [0.05, 0.1) is 18.6 Å². The summed E-state index contributed by atoms with van der Waals surface area (Å²) in [6.07, 6.45) is 4.15. The quantitative estimate of drug-likeness (QED) is 0.573. The third kappa shape index (κ3) is 4.65. The summed E-state index contributed by atoms with van der Waals surface area (Å²) in [5, 5.41) is 0. The number of amides is 3. The Bertz CT molecular complexity index is 1050. The van der Waals surface area contributed by atoms with Crippen molar-refractivity contribution in [2.24, 2.45) is 0 Å². The molecular weight excluding hydrogens is 434 g/mol. The molecule has 34 heavy (non-hydrogen) atoms. The first-order chi connectivity index (χ1) is 16.5. The van der Waals surface area contributed by atoms with E-state index in [1.165, 1.54) is 12.0 Å². The van der Waals surface area contributed by atoms with Crippen LogP contribution < -0.4 is 4.90 Å². The van der Waals surface area contributed by atoms with Gasteiger partial charge in [0, 0.05) is 58.5 Å². The first kappa shape index (κ1) is 23.8. The molecule has 2 aliphatic heterocycles. The zero-order valence-electron chi connectivity index (χ0n) is 19.8. The standard InChI is InChI=1S/C25H31N5O4/c1-19-7-3-4-8-20(19)25(18-22(32)30(23(25)33)15-16-34-2)17-21(31)28-11-6-12-29(14-13-28)24-26-9-5-10-27-24/h3-5,7-10H,6,11-18H2,1-2H3/t25-/m1/s1. The molecule has 0 saturated carbocycles. The van der Waals surface area contributed by atoms with E-state index in [1.54, 1.807) is 23.4 Å². The number of carbonyl (C=O) groups excluding carboxylic acids is 3. The number of rotatable bonds is 7. The van der Waals surface area contributed by atoms with E-state index in [1.807, 2.05) is 31.2 Å². The van der Waals surface area contributed by atoms with Gasteiger partial charge in [-0.3, -0.25) is 19.3 Å². The smallest absolute Gasteiger partial charge is 0.240 e. The topological polar surface area (TPSA) is 95.9 Å². The van der Waals surface area contributed by atoms with Gasteiger partial charge in [0.25, 0.3) is 0 Å². The van der Waals surface area contributed by atoms with E-state index in [0.717, 1.165) is 24.1 Å². The fourth-order valence-electron chi connectivity index (χ4n) is 4.95. The van der Waals surface area contributed by atoms with Crippen molar-refractivity contribution in [1.82, 2.24) is 19.8 Å². The third-order valence-electron chi connectivity index (χ3n) is 6.72. The maximum atomic E-state index is 13.7. The second-order valence-electron chi connectivity index (χ2n) is 8.86. The highest BCUT2D eigenvalue weighted by molar-refractivity contribution is 6.11. The first-order valence-corrected chi connectivity index (χ1v) is 11.7. The summed E-state index contributed by atoms with van der Waals surface area (Å²) in [6.45, 7) is 4.82. The van der Waals surface area contributed by atoms with Gasteiger partial charge in [-0.05, 0) is 30.5 Å². The van der Waals surface area contributed by atoms with Crippen LogP contribution in [0.4, 0.5) is 5.95 Å². The molecule has 1 aromatic carbocycles. The largest absolute Gasteiger partial charge is 0.383 e. The van der Waals surface area contributed by atoms with Crippen LogP contribution in [0.25, 0.3) is 0 Å². The first-order valence-electron chi connectivity index (χ1n) is 11.7. The van der Waals surface area contributed by atoms with Gasteiger partial charge in [0.2, 0.25) is 23.7 Å². The van der Waals surface area contributed by atoms with Crippen LogP contribution in [0, 0.1) is 6.92 Å². The molecule has 1 atom stereocenters. The molecule has 9 nitrogen and oxygen atoms in total. The summed E-state index contributed by atoms with van der Waals surface area (Å²) in [6, 6.07) is 9.31. The number of likely N-dealkylation sites (tertiary alicyclic amines) is 1. The van der Waals surface area contributed by atoms with Gasteiger partial charge < -0.3 is 14.5 Å². The van der Waals surface area contributed by atoms with Crippen LogP contribution in [0.5, 0.6) is 0 Å². The van der Waals surface area contributed by atoms with E-state index in [0.29, 0.717) is 25.6 Å². The molecule has 3 heterocycles. The molecule has 0 radical (unpaired) electrons. The molecule has 0 N–H and O–H groups in total. The Kier molecular flexibility index (Phi) is 7.21. The van der Waals surface area contributed by atoms with Gasteiger partial charge >= 0.3 is 0 Å². The zero-order chi connectivity index (χ0) is 24.1.